The number of hydrogen-bond donors (Lipinski definition) is 3. The van der Waals surface area contributed by atoms with Gasteiger partial charge in [0.15, 0.2) is 0 Å². The van der Waals surface area contributed by atoms with Gasteiger partial charge < -0.3 is 19.1 Å². The number of esters is 2. The van der Waals surface area contributed by atoms with Gasteiger partial charge in [-0.15, -0.1) is 0 Å². The lowest BCUT2D eigenvalue weighted by Crippen LogP contribution is -2.43. The van der Waals surface area contributed by atoms with E-state index >= 15 is 0 Å². The van der Waals surface area contributed by atoms with Crippen LogP contribution in [0, 0.1) is 0 Å². The zero-order valence-corrected chi connectivity index (χ0v) is 18.6. The average Bonchev–Trinajstić information content (AvgIpc) is 2.60. The SMILES string of the molecule is CC(C)OC(=O)[C@H](C)NP(=O)(N[C@@H](C)C(=O)OC(C)C)Oc1ccc(CO)cc1. The normalized spacial score (nSPS) is 13.8. The van der Waals surface area contributed by atoms with Gasteiger partial charge in [0.1, 0.15) is 17.8 Å². The van der Waals surface area contributed by atoms with E-state index < -0.39 is 31.7 Å². The maximum atomic E-state index is 13.4. The molecule has 1 aromatic carbocycles. The Bertz CT molecular complexity index is 688. The Hall–Kier alpha value is -1.93. The van der Waals surface area contributed by atoms with Crippen LogP contribution in [-0.4, -0.2) is 41.3 Å². The molecule has 164 valence electrons. The lowest BCUT2D eigenvalue weighted by molar-refractivity contribution is -0.149. The summed E-state index contributed by atoms with van der Waals surface area (Å²) in [5.41, 5.74) is 0.649. The van der Waals surface area contributed by atoms with Gasteiger partial charge in [-0.3, -0.25) is 9.59 Å². The molecule has 0 amide bonds. The Morgan fingerprint density at radius 2 is 1.31 bits per heavy atom. The summed E-state index contributed by atoms with van der Waals surface area (Å²) >= 11 is 0. The van der Waals surface area contributed by atoms with Gasteiger partial charge >= 0.3 is 19.6 Å². The summed E-state index contributed by atoms with van der Waals surface area (Å²) in [5.74, 6) is -1.00. The minimum Gasteiger partial charge on any atom is -0.462 e. The summed E-state index contributed by atoms with van der Waals surface area (Å²) in [4.78, 5) is 24.2. The average molecular weight is 430 g/mol. The fourth-order valence-electron chi connectivity index (χ4n) is 2.18. The Morgan fingerprint density at radius 1 is 0.897 bits per heavy atom. The highest BCUT2D eigenvalue weighted by Crippen LogP contribution is 2.40. The number of benzene rings is 1. The van der Waals surface area contributed by atoms with Crippen LogP contribution in [0.25, 0.3) is 0 Å². The number of nitrogens with one attached hydrogen (secondary N) is 2. The van der Waals surface area contributed by atoms with E-state index in [0.717, 1.165) is 0 Å². The topological polar surface area (TPSA) is 123 Å². The second-order valence-corrected chi connectivity index (χ2v) is 8.92. The molecular weight excluding hydrogens is 399 g/mol. The minimum atomic E-state index is -3.94. The molecule has 9 nitrogen and oxygen atoms in total. The smallest absolute Gasteiger partial charge is 0.391 e. The second kappa shape index (κ2) is 11.3. The molecule has 0 spiro atoms. The molecular formula is C19H31N2O7P. The molecule has 29 heavy (non-hydrogen) atoms. The van der Waals surface area contributed by atoms with Gasteiger partial charge in [-0.05, 0) is 59.2 Å². The standard InChI is InChI=1S/C19H31N2O7P/c1-12(2)26-18(23)14(5)20-29(25,21-15(6)19(24)27-13(3)4)28-17-9-7-16(11-22)8-10-17/h7-10,12-15,22H,11H2,1-6H3,(H2,20,21,25)/t14-,15-/m0/s1. The van der Waals surface area contributed by atoms with Crippen LogP contribution < -0.4 is 14.7 Å². The highest BCUT2D eigenvalue weighted by molar-refractivity contribution is 7.55. The molecule has 2 atom stereocenters. The van der Waals surface area contributed by atoms with Gasteiger partial charge in [0.2, 0.25) is 0 Å². The van der Waals surface area contributed by atoms with Crippen molar-refractivity contribution in [3.05, 3.63) is 29.8 Å². The van der Waals surface area contributed by atoms with Crippen molar-refractivity contribution in [3.63, 3.8) is 0 Å². The van der Waals surface area contributed by atoms with Crippen molar-refractivity contribution in [2.24, 2.45) is 0 Å². The van der Waals surface area contributed by atoms with Gasteiger partial charge in [0.25, 0.3) is 0 Å². The van der Waals surface area contributed by atoms with Crippen molar-refractivity contribution in [1.82, 2.24) is 10.2 Å². The predicted octanol–water partition coefficient (Wildman–Crippen LogP) is 2.53. The van der Waals surface area contributed by atoms with Crippen LogP contribution in [0.5, 0.6) is 5.75 Å². The first-order chi connectivity index (χ1) is 13.5. The third-order valence-corrected chi connectivity index (χ3v) is 5.40. The number of carbonyl (C=O) groups excluding carboxylic acids is 2. The van der Waals surface area contributed by atoms with Crippen LogP contribution in [0.3, 0.4) is 0 Å². The zero-order chi connectivity index (χ0) is 22.2. The van der Waals surface area contributed by atoms with Crippen LogP contribution in [0.1, 0.15) is 47.1 Å². The molecule has 0 saturated carbocycles. The molecule has 0 bridgehead atoms. The number of aliphatic hydroxyl groups is 1. The number of hydrogen-bond acceptors (Lipinski definition) is 7. The summed E-state index contributed by atoms with van der Waals surface area (Å²) in [7, 11) is -3.94. The van der Waals surface area contributed by atoms with Crippen molar-refractivity contribution in [2.75, 3.05) is 0 Å². The van der Waals surface area contributed by atoms with Crippen LogP contribution in [0.15, 0.2) is 24.3 Å². The van der Waals surface area contributed by atoms with Gasteiger partial charge in [-0.1, -0.05) is 12.1 Å². The summed E-state index contributed by atoms with van der Waals surface area (Å²) in [6.07, 6.45) is -0.683. The maximum absolute atomic E-state index is 13.4. The Kier molecular flexibility index (Phi) is 9.79. The van der Waals surface area contributed by atoms with Crippen molar-refractivity contribution in [3.8, 4) is 5.75 Å². The minimum absolute atomic E-state index is 0.148. The van der Waals surface area contributed by atoms with Crippen molar-refractivity contribution in [1.29, 1.82) is 0 Å². The molecule has 1 aromatic rings. The first-order valence-electron chi connectivity index (χ1n) is 9.41. The highest BCUT2D eigenvalue weighted by Gasteiger charge is 2.34. The van der Waals surface area contributed by atoms with Crippen LogP contribution in [0.2, 0.25) is 0 Å². The first-order valence-corrected chi connectivity index (χ1v) is 11.0. The lowest BCUT2D eigenvalue weighted by Gasteiger charge is -2.26. The molecule has 1 rings (SSSR count). The fraction of sp³-hybridized carbons (Fsp3) is 0.579. The van der Waals surface area contributed by atoms with Gasteiger partial charge in [-0.25, -0.2) is 14.7 Å². The van der Waals surface area contributed by atoms with Crippen molar-refractivity contribution >= 4 is 19.6 Å². The molecule has 0 saturated heterocycles. The van der Waals surface area contributed by atoms with E-state index in [9.17, 15) is 14.2 Å². The summed E-state index contributed by atoms with van der Waals surface area (Å²) in [5, 5.41) is 14.4. The third-order valence-electron chi connectivity index (χ3n) is 3.48. The lowest BCUT2D eigenvalue weighted by atomic mass is 10.2. The van der Waals surface area contributed by atoms with E-state index in [1.165, 1.54) is 26.0 Å². The number of carbonyl (C=O) groups is 2. The third kappa shape index (κ3) is 8.95. The molecule has 0 heterocycles. The Morgan fingerprint density at radius 3 is 1.66 bits per heavy atom. The Labute approximate surface area is 171 Å². The zero-order valence-electron chi connectivity index (χ0n) is 17.7. The molecule has 0 unspecified atom stereocenters. The van der Waals surface area contributed by atoms with Crippen molar-refractivity contribution < 1.29 is 33.3 Å². The van der Waals surface area contributed by atoms with Crippen LogP contribution in [0.4, 0.5) is 0 Å². The molecule has 10 heteroatoms. The molecule has 0 radical (unpaired) electrons. The van der Waals surface area contributed by atoms with E-state index in [0.29, 0.717) is 5.56 Å². The maximum Gasteiger partial charge on any atom is 0.391 e. The summed E-state index contributed by atoms with van der Waals surface area (Å²) in [6.45, 7) is 9.61. The molecule has 0 aliphatic carbocycles. The molecule has 3 N–H and O–H groups in total. The molecule has 0 fully saturated rings. The van der Waals surface area contributed by atoms with Gasteiger partial charge in [0, 0.05) is 0 Å². The quantitative estimate of drug-likeness (QED) is 0.359. The van der Waals surface area contributed by atoms with Crippen LogP contribution in [-0.2, 0) is 30.2 Å². The van der Waals surface area contributed by atoms with E-state index in [1.807, 2.05) is 0 Å². The first kappa shape index (κ1) is 25.1. The Balaban J connectivity index is 3.02. The number of aliphatic hydroxyl groups excluding tert-OH is 1. The second-order valence-electron chi connectivity index (χ2n) is 7.12. The van der Waals surface area contributed by atoms with Gasteiger partial charge in [-0.2, -0.15) is 0 Å². The number of ether oxygens (including phenoxy) is 2. The summed E-state index contributed by atoms with van der Waals surface area (Å²) < 4.78 is 29.3. The highest BCUT2D eigenvalue weighted by atomic mass is 31.2. The van der Waals surface area contributed by atoms with E-state index in [4.69, 9.17) is 19.1 Å². The predicted molar refractivity (Wildman–Crippen MR) is 108 cm³/mol. The van der Waals surface area contributed by atoms with E-state index in [1.54, 1.807) is 39.8 Å². The fourth-order valence-corrected chi connectivity index (χ4v) is 4.01. The van der Waals surface area contributed by atoms with Crippen LogP contribution >= 0.6 is 7.67 Å². The summed E-state index contributed by atoms with van der Waals surface area (Å²) in [6, 6.07) is 4.31. The van der Waals surface area contributed by atoms with E-state index in [2.05, 4.69) is 10.2 Å². The van der Waals surface area contributed by atoms with Gasteiger partial charge in [0.05, 0.1) is 18.8 Å². The number of rotatable bonds is 11. The monoisotopic (exact) mass is 430 g/mol. The molecule has 0 aliphatic heterocycles. The largest absolute Gasteiger partial charge is 0.462 e. The van der Waals surface area contributed by atoms with E-state index in [-0.39, 0.29) is 24.6 Å². The van der Waals surface area contributed by atoms with Crippen molar-refractivity contribution in [2.45, 2.75) is 72.4 Å². The molecule has 0 aromatic heterocycles. The molecule has 0 aliphatic rings.